The molecule has 0 spiro atoms. The van der Waals surface area contributed by atoms with Crippen molar-refractivity contribution in [3.8, 4) is 5.75 Å². The minimum Gasteiger partial charge on any atom is -0.507 e. The van der Waals surface area contributed by atoms with Crippen molar-refractivity contribution in [1.82, 2.24) is 0 Å². The minimum atomic E-state index is -0.833. The minimum absolute atomic E-state index is 0.00693. The van der Waals surface area contributed by atoms with Crippen LogP contribution < -0.4 is 4.74 Å². The second-order valence-electron chi connectivity index (χ2n) is 7.03. The summed E-state index contributed by atoms with van der Waals surface area (Å²) in [5.74, 6) is -2.57. The maximum atomic E-state index is 12.9. The van der Waals surface area contributed by atoms with Crippen molar-refractivity contribution < 1.29 is 29.0 Å². The largest absolute Gasteiger partial charge is 0.507 e. The Labute approximate surface area is 168 Å². The molecule has 2 aromatic rings. The number of rotatable bonds is 6. The van der Waals surface area contributed by atoms with Crippen LogP contribution in [0.4, 0.5) is 0 Å². The molecule has 1 aliphatic rings. The van der Waals surface area contributed by atoms with Crippen molar-refractivity contribution in [1.29, 1.82) is 0 Å². The number of aliphatic hydroxyl groups excluding tert-OH is 1. The number of esters is 1. The molecule has 0 bridgehead atoms. The van der Waals surface area contributed by atoms with E-state index in [2.05, 4.69) is 0 Å². The third-order valence-corrected chi connectivity index (χ3v) is 4.73. The Bertz CT molecular complexity index is 985. The Morgan fingerprint density at radius 1 is 0.966 bits per heavy atom. The quantitative estimate of drug-likeness (QED) is 0.591. The Hall–Kier alpha value is -3.41. The molecular formula is C23H22O6. The zero-order valence-corrected chi connectivity index (χ0v) is 16.5. The van der Waals surface area contributed by atoms with E-state index in [0.717, 1.165) is 0 Å². The van der Waals surface area contributed by atoms with Crippen LogP contribution in [0.3, 0.4) is 0 Å². The number of ether oxygens (including phenoxy) is 2. The van der Waals surface area contributed by atoms with Crippen LogP contribution in [0.5, 0.6) is 5.75 Å². The Morgan fingerprint density at radius 3 is 2.17 bits per heavy atom. The number of ketones is 2. The summed E-state index contributed by atoms with van der Waals surface area (Å²) in [4.78, 5) is 37.5. The van der Waals surface area contributed by atoms with Crippen LogP contribution in [-0.4, -0.2) is 35.9 Å². The maximum Gasteiger partial charge on any atom is 0.306 e. The summed E-state index contributed by atoms with van der Waals surface area (Å²) in [7, 11) is 1.25. The maximum absolute atomic E-state index is 12.9. The molecule has 0 unspecified atom stereocenters. The van der Waals surface area contributed by atoms with Crippen LogP contribution in [0, 0.1) is 0 Å². The molecule has 0 radical (unpaired) electrons. The van der Waals surface area contributed by atoms with Gasteiger partial charge in [0.15, 0.2) is 0 Å². The predicted molar refractivity (Wildman–Crippen MR) is 107 cm³/mol. The molecule has 6 nitrogen and oxygen atoms in total. The third-order valence-electron chi connectivity index (χ3n) is 4.73. The highest BCUT2D eigenvalue weighted by atomic mass is 16.5. The first-order valence-electron chi connectivity index (χ1n) is 9.28. The highest BCUT2D eigenvalue weighted by molar-refractivity contribution is 6.52. The van der Waals surface area contributed by atoms with Gasteiger partial charge >= 0.3 is 5.97 Å². The van der Waals surface area contributed by atoms with Gasteiger partial charge in [0.2, 0.25) is 11.6 Å². The molecule has 3 rings (SSSR count). The number of allylic oxidation sites excluding steroid dienone is 1. The fourth-order valence-electron chi connectivity index (χ4n) is 3.40. The molecule has 0 fully saturated rings. The molecule has 0 aromatic heterocycles. The monoisotopic (exact) mass is 394 g/mol. The first-order valence-corrected chi connectivity index (χ1v) is 9.28. The van der Waals surface area contributed by atoms with Crippen molar-refractivity contribution in [2.24, 2.45) is 0 Å². The Kier molecular flexibility index (Phi) is 5.82. The van der Waals surface area contributed by atoms with Crippen LogP contribution in [-0.2, 0) is 14.3 Å². The van der Waals surface area contributed by atoms with E-state index in [1.807, 2.05) is 13.8 Å². The summed E-state index contributed by atoms with van der Waals surface area (Å²) in [6, 6.07) is 13.2. The highest BCUT2D eigenvalue weighted by Gasteiger charge is 2.38. The van der Waals surface area contributed by atoms with Crippen molar-refractivity contribution in [3.05, 3.63) is 70.8 Å². The van der Waals surface area contributed by atoms with Gasteiger partial charge in [-0.1, -0.05) is 36.4 Å². The lowest BCUT2D eigenvalue weighted by atomic mass is 9.78. The summed E-state index contributed by atoms with van der Waals surface area (Å²) in [5, 5.41) is 10.8. The van der Waals surface area contributed by atoms with E-state index in [4.69, 9.17) is 9.47 Å². The summed E-state index contributed by atoms with van der Waals surface area (Å²) in [6.07, 6.45) is -0.200. The van der Waals surface area contributed by atoms with Gasteiger partial charge in [-0.2, -0.15) is 0 Å². The van der Waals surface area contributed by atoms with E-state index >= 15 is 0 Å². The molecule has 0 amide bonds. The Balaban J connectivity index is 2.10. The van der Waals surface area contributed by atoms with Crippen LogP contribution >= 0.6 is 0 Å². The number of aliphatic hydroxyl groups is 1. The van der Waals surface area contributed by atoms with Gasteiger partial charge in [0.25, 0.3) is 0 Å². The number of carbonyl (C=O) groups is 3. The van der Waals surface area contributed by atoms with E-state index < -0.39 is 23.5 Å². The molecule has 1 N–H and O–H groups in total. The number of hydrogen-bond donors (Lipinski definition) is 1. The second-order valence-corrected chi connectivity index (χ2v) is 7.03. The average Bonchev–Trinajstić information content (AvgIpc) is 2.71. The van der Waals surface area contributed by atoms with E-state index in [1.54, 1.807) is 42.5 Å². The number of Topliss-reactive ketones (excluding diaryl/α,β-unsaturated/α-hetero) is 2. The number of benzene rings is 2. The smallest absolute Gasteiger partial charge is 0.306 e. The number of methoxy groups -OCH3 is 1. The van der Waals surface area contributed by atoms with Gasteiger partial charge in [0.05, 0.1) is 25.2 Å². The lowest BCUT2D eigenvalue weighted by molar-refractivity contribution is -0.140. The molecule has 1 atom stereocenters. The molecule has 0 saturated carbocycles. The van der Waals surface area contributed by atoms with Gasteiger partial charge in [0.1, 0.15) is 11.5 Å². The summed E-state index contributed by atoms with van der Waals surface area (Å²) >= 11 is 0. The number of fused-ring (bicyclic) bond motifs is 1. The standard InChI is InChI=1S/C23H22O6/c1-13(2)29-15-10-8-14(9-11-15)18(12-19(24)28-3)20-21(25)16-6-4-5-7-17(16)22(26)23(20)27/h4-11,13,18,25H,12H2,1-3H3/t18-/m0/s1. The van der Waals surface area contributed by atoms with Crippen LogP contribution in [0.1, 0.15) is 47.7 Å². The molecule has 2 aromatic carbocycles. The molecule has 0 aliphatic heterocycles. The predicted octanol–water partition coefficient (Wildman–Crippen LogP) is 3.86. The van der Waals surface area contributed by atoms with E-state index in [9.17, 15) is 19.5 Å². The lowest BCUT2D eigenvalue weighted by Crippen LogP contribution is -2.28. The van der Waals surface area contributed by atoms with Gasteiger partial charge in [0, 0.05) is 17.0 Å². The fraction of sp³-hybridized carbons (Fsp3) is 0.261. The first kappa shape index (κ1) is 20.3. The van der Waals surface area contributed by atoms with Crippen molar-refractivity contribution >= 4 is 23.3 Å². The Morgan fingerprint density at radius 2 is 1.59 bits per heavy atom. The molecular weight excluding hydrogens is 372 g/mol. The first-order chi connectivity index (χ1) is 13.8. The SMILES string of the molecule is COC(=O)C[C@H](C1=C(O)c2ccccc2C(=O)C1=O)c1ccc(OC(C)C)cc1. The van der Waals surface area contributed by atoms with Crippen LogP contribution in [0.2, 0.25) is 0 Å². The van der Waals surface area contributed by atoms with E-state index in [0.29, 0.717) is 11.3 Å². The van der Waals surface area contributed by atoms with Gasteiger partial charge in [-0.3, -0.25) is 14.4 Å². The lowest BCUT2D eigenvalue weighted by Gasteiger charge is -2.24. The summed E-state index contributed by atoms with van der Waals surface area (Å²) in [5.41, 5.74) is 0.920. The van der Waals surface area contributed by atoms with Gasteiger partial charge in [-0.15, -0.1) is 0 Å². The number of hydrogen-bond acceptors (Lipinski definition) is 6. The third kappa shape index (κ3) is 4.06. The van der Waals surface area contributed by atoms with E-state index in [1.165, 1.54) is 13.2 Å². The molecule has 0 heterocycles. The topological polar surface area (TPSA) is 89.9 Å². The zero-order valence-electron chi connectivity index (χ0n) is 16.5. The summed E-state index contributed by atoms with van der Waals surface area (Å²) < 4.78 is 10.4. The number of carbonyl (C=O) groups excluding carboxylic acids is 3. The normalized spacial score (nSPS) is 14.6. The molecule has 1 aliphatic carbocycles. The zero-order chi connectivity index (χ0) is 21.1. The van der Waals surface area contributed by atoms with Crippen molar-refractivity contribution in [3.63, 3.8) is 0 Å². The average molecular weight is 394 g/mol. The molecule has 150 valence electrons. The van der Waals surface area contributed by atoms with Crippen molar-refractivity contribution in [2.75, 3.05) is 7.11 Å². The molecule has 0 saturated heterocycles. The summed E-state index contributed by atoms with van der Waals surface area (Å²) in [6.45, 7) is 3.81. The van der Waals surface area contributed by atoms with Gasteiger partial charge in [-0.25, -0.2) is 0 Å². The van der Waals surface area contributed by atoms with Gasteiger partial charge in [-0.05, 0) is 31.5 Å². The van der Waals surface area contributed by atoms with Gasteiger partial charge < -0.3 is 14.6 Å². The van der Waals surface area contributed by atoms with Crippen LogP contribution in [0.25, 0.3) is 5.76 Å². The highest BCUT2D eigenvalue weighted by Crippen LogP contribution is 2.38. The van der Waals surface area contributed by atoms with Crippen LogP contribution in [0.15, 0.2) is 54.1 Å². The second kappa shape index (κ2) is 8.31. The van der Waals surface area contributed by atoms with Crippen molar-refractivity contribution in [2.45, 2.75) is 32.3 Å². The fourth-order valence-corrected chi connectivity index (χ4v) is 3.40. The van der Waals surface area contributed by atoms with E-state index in [-0.39, 0.29) is 35.0 Å². The molecule has 29 heavy (non-hydrogen) atoms. The molecule has 6 heteroatoms.